The molecule has 0 amide bonds. The summed E-state index contributed by atoms with van der Waals surface area (Å²) in [5.74, 6) is -2.81. The van der Waals surface area contributed by atoms with Crippen molar-refractivity contribution in [2.75, 3.05) is 13.1 Å². The first-order valence-electron chi connectivity index (χ1n) is 16.8. The summed E-state index contributed by atoms with van der Waals surface area (Å²) in [5.41, 5.74) is 2.60. The fourth-order valence-electron chi connectivity index (χ4n) is 7.67. The molecule has 5 atom stereocenters. The standard InChI is InChI=1S/C38H39NO11/c1-17-32(42)36(46)37(47)38(48-17)50-26-15-24-30(34(44)28(26)20-9-11-39-12-10-20)35(45)29-23(16-40)14-25(49-18(2)41)27(31(29)33(24)43)22-8-7-19-5-3-4-6-21(19)13-22/h3-6,13-15,17,20,32,36-40,42,44,46-47H,7-12,16H2,1-2H3/t17-,32+,36+,37+,38+/m0/s1. The van der Waals surface area contributed by atoms with Crippen LogP contribution in [0.4, 0.5) is 0 Å². The van der Waals surface area contributed by atoms with Gasteiger partial charge in [-0.3, -0.25) is 14.4 Å². The Morgan fingerprint density at radius 2 is 1.66 bits per heavy atom. The third kappa shape index (κ3) is 5.71. The molecule has 12 heteroatoms. The molecule has 50 heavy (non-hydrogen) atoms. The highest BCUT2D eigenvalue weighted by molar-refractivity contribution is 6.31. The van der Waals surface area contributed by atoms with E-state index in [2.05, 4.69) is 5.32 Å². The van der Waals surface area contributed by atoms with E-state index in [1.807, 2.05) is 30.3 Å². The van der Waals surface area contributed by atoms with Gasteiger partial charge >= 0.3 is 5.97 Å². The number of phenolic OH excluding ortho intramolecular Hbond substituents is 1. The average Bonchev–Trinajstić information content (AvgIpc) is 3.11. The molecule has 0 aromatic heterocycles. The number of nitrogens with one attached hydrogen (secondary N) is 1. The summed E-state index contributed by atoms with van der Waals surface area (Å²) in [7, 11) is 0. The van der Waals surface area contributed by atoms with Gasteiger partial charge in [0.05, 0.1) is 18.3 Å². The number of hydrogen-bond acceptors (Lipinski definition) is 12. The molecular formula is C38H39NO11. The molecule has 3 aromatic rings. The topological polar surface area (TPSA) is 192 Å². The van der Waals surface area contributed by atoms with Crippen molar-refractivity contribution >= 4 is 29.2 Å². The minimum Gasteiger partial charge on any atom is -0.507 e. The van der Waals surface area contributed by atoms with E-state index in [1.54, 1.807) is 0 Å². The highest BCUT2D eigenvalue weighted by Gasteiger charge is 2.45. The first-order valence-corrected chi connectivity index (χ1v) is 16.8. The van der Waals surface area contributed by atoms with E-state index in [1.165, 1.54) is 26.0 Å². The van der Waals surface area contributed by atoms with Crippen LogP contribution in [0.15, 0.2) is 36.4 Å². The summed E-state index contributed by atoms with van der Waals surface area (Å²) in [4.78, 5) is 41.8. The summed E-state index contributed by atoms with van der Waals surface area (Å²) < 4.78 is 17.5. The molecule has 2 heterocycles. The zero-order valence-electron chi connectivity index (χ0n) is 27.6. The van der Waals surface area contributed by atoms with Crippen LogP contribution in [0, 0.1) is 0 Å². The Bertz CT molecular complexity index is 1930. The van der Waals surface area contributed by atoms with Gasteiger partial charge < -0.3 is 45.1 Å². The Balaban J connectivity index is 1.44. The zero-order valence-corrected chi connectivity index (χ0v) is 27.6. The lowest BCUT2D eigenvalue weighted by Gasteiger charge is -2.39. The number of carbonyl (C=O) groups is 3. The first-order chi connectivity index (χ1) is 24.0. The molecule has 2 aliphatic carbocycles. The van der Waals surface area contributed by atoms with E-state index in [9.17, 15) is 39.9 Å². The number of aliphatic hydroxyl groups is 4. The van der Waals surface area contributed by atoms with E-state index in [-0.39, 0.29) is 56.4 Å². The predicted molar refractivity (Wildman–Crippen MR) is 179 cm³/mol. The summed E-state index contributed by atoms with van der Waals surface area (Å²) in [6.45, 7) is 3.29. The van der Waals surface area contributed by atoms with Gasteiger partial charge in [0.2, 0.25) is 6.29 Å². The van der Waals surface area contributed by atoms with Gasteiger partial charge in [-0.2, -0.15) is 0 Å². The molecule has 262 valence electrons. The summed E-state index contributed by atoms with van der Waals surface area (Å²) in [5, 5.41) is 57.3. The Labute approximate surface area is 287 Å². The second-order valence-corrected chi connectivity index (χ2v) is 13.3. The van der Waals surface area contributed by atoms with E-state index < -0.39 is 60.6 Å². The van der Waals surface area contributed by atoms with Crippen molar-refractivity contribution < 1.29 is 54.1 Å². The van der Waals surface area contributed by atoms with Crippen molar-refractivity contribution in [1.82, 2.24) is 5.32 Å². The van der Waals surface area contributed by atoms with Gasteiger partial charge in [0, 0.05) is 34.7 Å². The van der Waals surface area contributed by atoms with Crippen LogP contribution in [0.2, 0.25) is 0 Å². The number of phenols is 1. The summed E-state index contributed by atoms with van der Waals surface area (Å²) in [6.07, 6.45) is -2.97. The van der Waals surface area contributed by atoms with Crippen molar-refractivity contribution in [2.45, 2.75) is 82.8 Å². The van der Waals surface area contributed by atoms with Crippen molar-refractivity contribution in [3.8, 4) is 17.2 Å². The second kappa shape index (κ2) is 13.4. The number of aromatic hydroxyl groups is 1. The summed E-state index contributed by atoms with van der Waals surface area (Å²) in [6, 6.07) is 10.5. The Morgan fingerprint density at radius 3 is 2.38 bits per heavy atom. The SMILES string of the molecule is CC(=O)Oc1cc(CO)c2c(c1C1=Cc3ccccc3CC1)C(=O)c1cc(O[C@H]3O[C@@H](C)[C@@H](O)[C@@H](O)[C@H]3O)c(C3CCNCC3)c(O)c1C2=O. The molecule has 2 fully saturated rings. The molecule has 0 unspecified atom stereocenters. The number of benzene rings is 3. The van der Waals surface area contributed by atoms with Crippen LogP contribution in [0.1, 0.15) is 98.7 Å². The molecule has 3 aromatic carbocycles. The highest BCUT2D eigenvalue weighted by atomic mass is 16.7. The molecule has 0 spiro atoms. The lowest BCUT2D eigenvalue weighted by atomic mass is 9.74. The van der Waals surface area contributed by atoms with Crippen LogP contribution < -0.4 is 14.8 Å². The van der Waals surface area contributed by atoms with Crippen molar-refractivity contribution in [3.05, 3.63) is 86.5 Å². The van der Waals surface area contributed by atoms with Gasteiger partial charge in [-0.15, -0.1) is 0 Å². The number of ether oxygens (including phenoxy) is 3. The van der Waals surface area contributed by atoms with Gasteiger partial charge in [-0.1, -0.05) is 30.3 Å². The molecule has 4 aliphatic rings. The fraction of sp³-hybridized carbons (Fsp3) is 0.395. The Hall–Kier alpha value is -4.43. The Morgan fingerprint density at radius 1 is 0.920 bits per heavy atom. The largest absolute Gasteiger partial charge is 0.507 e. The van der Waals surface area contributed by atoms with E-state index in [0.717, 1.165) is 11.1 Å². The molecule has 0 radical (unpaired) electrons. The minimum atomic E-state index is -1.68. The molecule has 7 rings (SSSR count). The van der Waals surface area contributed by atoms with Crippen LogP contribution in [0.25, 0.3) is 11.6 Å². The highest BCUT2D eigenvalue weighted by Crippen LogP contribution is 2.49. The van der Waals surface area contributed by atoms with E-state index >= 15 is 0 Å². The lowest BCUT2D eigenvalue weighted by Crippen LogP contribution is -2.58. The molecule has 6 N–H and O–H groups in total. The van der Waals surface area contributed by atoms with Crippen molar-refractivity contribution in [2.24, 2.45) is 0 Å². The number of hydrogen-bond donors (Lipinski definition) is 6. The molecule has 2 aliphatic heterocycles. The first kappa shape index (κ1) is 34.0. The third-order valence-corrected chi connectivity index (χ3v) is 10.2. The quantitative estimate of drug-likeness (QED) is 0.129. The molecule has 0 bridgehead atoms. The fourth-order valence-corrected chi connectivity index (χ4v) is 7.67. The van der Waals surface area contributed by atoms with Gasteiger partial charge in [0.1, 0.15) is 35.6 Å². The number of aliphatic hydroxyl groups excluding tert-OH is 4. The molecule has 12 nitrogen and oxygen atoms in total. The van der Waals surface area contributed by atoms with Gasteiger partial charge in [0.25, 0.3) is 0 Å². The number of carbonyl (C=O) groups excluding carboxylic acids is 3. The number of aryl methyl sites for hydroxylation is 1. The zero-order chi connectivity index (χ0) is 35.4. The average molecular weight is 686 g/mol. The van der Waals surface area contributed by atoms with Crippen LogP contribution in [-0.4, -0.2) is 86.9 Å². The van der Waals surface area contributed by atoms with Gasteiger partial charge in [0.15, 0.2) is 11.6 Å². The van der Waals surface area contributed by atoms with Crippen LogP contribution in [-0.2, 0) is 22.6 Å². The maximum atomic E-state index is 14.8. The monoisotopic (exact) mass is 685 g/mol. The number of rotatable bonds is 6. The predicted octanol–water partition coefficient (Wildman–Crippen LogP) is 2.75. The summed E-state index contributed by atoms with van der Waals surface area (Å²) >= 11 is 0. The van der Waals surface area contributed by atoms with Crippen molar-refractivity contribution in [3.63, 3.8) is 0 Å². The molecule has 2 saturated heterocycles. The number of allylic oxidation sites excluding steroid dienone is 1. The normalized spacial score (nSPS) is 24.9. The number of piperidine rings is 1. The smallest absolute Gasteiger partial charge is 0.308 e. The molecular weight excluding hydrogens is 646 g/mol. The van der Waals surface area contributed by atoms with E-state index in [0.29, 0.717) is 44.3 Å². The number of fused-ring (bicyclic) bond motifs is 3. The third-order valence-electron chi connectivity index (χ3n) is 10.2. The maximum absolute atomic E-state index is 14.8. The van der Waals surface area contributed by atoms with Gasteiger partial charge in [-0.25, -0.2) is 0 Å². The Kier molecular flexibility index (Phi) is 9.10. The number of ketones is 2. The maximum Gasteiger partial charge on any atom is 0.308 e. The van der Waals surface area contributed by atoms with Crippen LogP contribution in [0.3, 0.4) is 0 Å². The van der Waals surface area contributed by atoms with Crippen molar-refractivity contribution in [1.29, 1.82) is 0 Å². The van der Waals surface area contributed by atoms with Crippen LogP contribution >= 0.6 is 0 Å². The van der Waals surface area contributed by atoms with E-state index in [4.69, 9.17) is 14.2 Å². The minimum absolute atomic E-state index is 0.0165. The van der Waals surface area contributed by atoms with Gasteiger partial charge in [-0.05, 0) is 86.0 Å². The van der Waals surface area contributed by atoms with Crippen LogP contribution in [0.5, 0.6) is 17.2 Å². The number of esters is 1. The lowest BCUT2D eigenvalue weighted by molar-refractivity contribution is -0.268. The second-order valence-electron chi connectivity index (χ2n) is 13.3. The molecule has 0 saturated carbocycles.